The molecule has 1 rings (SSSR count). The van der Waals surface area contributed by atoms with Crippen molar-refractivity contribution in [1.82, 2.24) is 10.2 Å². The van der Waals surface area contributed by atoms with E-state index in [1.807, 2.05) is 6.92 Å². The van der Waals surface area contributed by atoms with Crippen molar-refractivity contribution in [1.29, 1.82) is 0 Å². The van der Waals surface area contributed by atoms with Gasteiger partial charge >= 0.3 is 11.9 Å². The topological polar surface area (TPSA) is 81.3 Å². The molecular weight excluding hydrogens is 212 g/mol. The van der Waals surface area contributed by atoms with Crippen LogP contribution >= 0.6 is 0 Å². The van der Waals surface area contributed by atoms with E-state index in [1.165, 1.54) is 7.11 Å². The number of H-pyrrole nitrogens is 1. The normalized spacial score (nSPS) is 9.94. The molecule has 1 heterocycles. The summed E-state index contributed by atoms with van der Waals surface area (Å²) in [5.74, 6) is -1.02. The molecule has 0 aliphatic heterocycles. The van der Waals surface area contributed by atoms with Crippen LogP contribution in [0.5, 0.6) is 5.88 Å². The molecule has 0 saturated carbocycles. The summed E-state index contributed by atoms with van der Waals surface area (Å²) in [5, 5.41) is 6.31. The van der Waals surface area contributed by atoms with Gasteiger partial charge in [-0.3, -0.25) is 9.89 Å². The van der Waals surface area contributed by atoms with Crippen molar-refractivity contribution in [3.8, 4) is 5.88 Å². The lowest BCUT2D eigenvalue weighted by molar-refractivity contribution is -0.134. The van der Waals surface area contributed by atoms with Crippen LogP contribution in [-0.4, -0.2) is 29.2 Å². The maximum Gasteiger partial charge on any atom is 0.345 e. The summed E-state index contributed by atoms with van der Waals surface area (Å²) < 4.78 is 9.51. The highest BCUT2D eigenvalue weighted by atomic mass is 16.6. The summed E-state index contributed by atoms with van der Waals surface area (Å²) in [4.78, 5) is 22.6. The third-order valence-electron chi connectivity index (χ3n) is 1.97. The van der Waals surface area contributed by atoms with Crippen LogP contribution in [0.25, 0.3) is 0 Å². The predicted molar refractivity (Wildman–Crippen MR) is 55.2 cm³/mol. The van der Waals surface area contributed by atoms with Gasteiger partial charge in [0.25, 0.3) is 5.88 Å². The third kappa shape index (κ3) is 2.59. The van der Waals surface area contributed by atoms with E-state index in [0.717, 1.165) is 0 Å². The molecule has 0 bridgehead atoms. The van der Waals surface area contributed by atoms with Gasteiger partial charge in [-0.15, -0.1) is 5.10 Å². The zero-order chi connectivity index (χ0) is 12.1. The predicted octanol–water partition coefficient (Wildman–Crippen LogP) is 1.21. The van der Waals surface area contributed by atoms with E-state index in [0.29, 0.717) is 12.1 Å². The Hall–Kier alpha value is -1.85. The molecule has 0 aromatic carbocycles. The second-order valence-corrected chi connectivity index (χ2v) is 3.24. The molecule has 1 aromatic rings. The first-order valence-electron chi connectivity index (χ1n) is 4.94. The van der Waals surface area contributed by atoms with Crippen LogP contribution in [0.4, 0.5) is 0 Å². The van der Waals surface area contributed by atoms with Gasteiger partial charge in [0, 0.05) is 6.42 Å². The fraction of sp³-hybridized carbons (Fsp3) is 0.500. The van der Waals surface area contributed by atoms with Gasteiger partial charge in [0.1, 0.15) is 5.56 Å². The quantitative estimate of drug-likeness (QED) is 0.780. The molecule has 0 fully saturated rings. The molecule has 6 nitrogen and oxygen atoms in total. The molecule has 6 heteroatoms. The second-order valence-electron chi connectivity index (χ2n) is 3.24. The number of aromatic amines is 1. The number of ether oxygens (including phenoxy) is 2. The van der Waals surface area contributed by atoms with Gasteiger partial charge in [-0.05, 0) is 13.3 Å². The fourth-order valence-electron chi connectivity index (χ4n) is 1.19. The zero-order valence-electron chi connectivity index (χ0n) is 9.49. The summed E-state index contributed by atoms with van der Waals surface area (Å²) in [7, 11) is 1.26. The Bertz CT molecular complexity index is 398. The first-order valence-corrected chi connectivity index (χ1v) is 4.94. The number of hydrogen-bond acceptors (Lipinski definition) is 5. The standard InChI is InChI=1S/C10H14N2O4/c1-4-5-7(13)16-9-8(10(14)15-3)6(2)11-12-9/h4-5H2,1-3H3,(H,11,12). The Morgan fingerprint density at radius 2 is 2.12 bits per heavy atom. The lowest BCUT2D eigenvalue weighted by atomic mass is 10.2. The van der Waals surface area contributed by atoms with Gasteiger partial charge in [-0.1, -0.05) is 6.92 Å². The molecular formula is C10H14N2O4. The number of nitrogens with one attached hydrogen (secondary N) is 1. The first-order chi connectivity index (χ1) is 7.60. The molecule has 0 amide bonds. The number of carbonyl (C=O) groups excluding carboxylic acids is 2. The Morgan fingerprint density at radius 1 is 1.44 bits per heavy atom. The van der Waals surface area contributed by atoms with E-state index >= 15 is 0 Å². The number of hydrogen-bond donors (Lipinski definition) is 1. The highest BCUT2D eigenvalue weighted by molar-refractivity contribution is 5.93. The van der Waals surface area contributed by atoms with Gasteiger partial charge in [0.05, 0.1) is 12.8 Å². The van der Waals surface area contributed by atoms with Crippen molar-refractivity contribution >= 4 is 11.9 Å². The molecule has 0 radical (unpaired) electrons. The average molecular weight is 226 g/mol. The highest BCUT2D eigenvalue weighted by Crippen LogP contribution is 2.19. The fourth-order valence-corrected chi connectivity index (χ4v) is 1.19. The van der Waals surface area contributed by atoms with Crippen molar-refractivity contribution in [2.24, 2.45) is 0 Å². The summed E-state index contributed by atoms with van der Waals surface area (Å²) in [6.45, 7) is 3.51. The van der Waals surface area contributed by atoms with Crippen LogP contribution < -0.4 is 4.74 Å². The van der Waals surface area contributed by atoms with Crippen molar-refractivity contribution in [3.63, 3.8) is 0 Å². The Labute approximate surface area is 92.9 Å². The molecule has 88 valence electrons. The van der Waals surface area contributed by atoms with Crippen LogP contribution in [0, 0.1) is 6.92 Å². The molecule has 0 aliphatic rings. The number of rotatable bonds is 4. The number of esters is 2. The Balaban J connectivity index is 2.88. The first kappa shape index (κ1) is 12.2. The lowest BCUT2D eigenvalue weighted by Crippen LogP contribution is -2.11. The highest BCUT2D eigenvalue weighted by Gasteiger charge is 2.21. The number of aromatic nitrogens is 2. The molecule has 1 N–H and O–H groups in total. The number of carbonyl (C=O) groups is 2. The molecule has 1 aromatic heterocycles. The van der Waals surface area contributed by atoms with Gasteiger partial charge in [0.2, 0.25) is 0 Å². The van der Waals surface area contributed by atoms with Gasteiger partial charge in [0.15, 0.2) is 0 Å². The Kier molecular flexibility index (Phi) is 4.04. The van der Waals surface area contributed by atoms with Crippen molar-refractivity contribution < 1.29 is 19.1 Å². The van der Waals surface area contributed by atoms with Gasteiger partial charge in [-0.25, -0.2) is 4.79 Å². The lowest BCUT2D eigenvalue weighted by Gasteiger charge is -2.02. The third-order valence-corrected chi connectivity index (χ3v) is 1.97. The molecule has 0 unspecified atom stereocenters. The smallest absolute Gasteiger partial charge is 0.345 e. The van der Waals surface area contributed by atoms with Crippen molar-refractivity contribution in [3.05, 3.63) is 11.3 Å². The molecule has 0 saturated heterocycles. The van der Waals surface area contributed by atoms with E-state index in [4.69, 9.17) is 4.74 Å². The zero-order valence-corrected chi connectivity index (χ0v) is 9.49. The number of aryl methyl sites for hydroxylation is 1. The van der Waals surface area contributed by atoms with E-state index < -0.39 is 11.9 Å². The van der Waals surface area contributed by atoms with E-state index in [1.54, 1.807) is 6.92 Å². The van der Waals surface area contributed by atoms with E-state index in [-0.39, 0.29) is 17.9 Å². The molecule has 0 spiro atoms. The maximum atomic E-state index is 11.4. The SMILES string of the molecule is CCCC(=O)Oc1n[nH]c(C)c1C(=O)OC. The largest absolute Gasteiger partial charge is 0.465 e. The maximum absolute atomic E-state index is 11.4. The van der Waals surface area contributed by atoms with Crippen LogP contribution in [-0.2, 0) is 9.53 Å². The minimum atomic E-state index is -0.578. The van der Waals surface area contributed by atoms with Crippen LogP contribution in [0.3, 0.4) is 0 Å². The minimum absolute atomic E-state index is 0.0252. The summed E-state index contributed by atoms with van der Waals surface area (Å²) >= 11 is 0. The minimum Gasteiger partial charge on any atom is -0.465 e. The number of nitrogens with zero attached hydrogens (tertiary/aromatic N) is 1. The van der Waals surface area contributed by atoms with Gasteiger partial charge < -0.3 is 9.47 Å². The molecule has 0 atom stereocenters. The van der Waals surface area contributed by atoms with Crippen LogP contribution in [0.1, 0.15) is 35.8 Å². The Morgan fingerprint density at radius 3 is 2.69 bits per heavy atom. The second kappa shape index (κ2) is 5.29. The van der Waals surface area contributed by atoms with Crippen molar-refractivity contribution in [2.45, 2.75) is 26.7 Å². The summed E-state index contributed by atoms with van der Waals surface area (Å²) in [6.07, 6.45) is 0.961. The van der Waals surface area contributed by atoms with Gasteiger partial charge in [-0.2, -0.15) is 0 Å². The average Bonchev–Trinajstić information content (AvgIpc) is 2.59. The molecule has 16 heavy (non-hydrogen) atoms. The van der Waals surface area contributed by atoms with Crippen LogP contribution in [0.15, 0.2) is 0 Å². The van der Waals surface area contributed by atoms with E-state index in [2.05, 4.69) is 14.9 Å². The van der Waals surface area contributed by atoms with Crippen molar-refractivity contribution in [2.75, 3.05) is 7.11 Å². The molecule has 0 aliphatic carbocycles. The summed E-state index contributed by atoms with van der Waals surface area (Å²) in [6, 6.07) is 0. The summed E-state index contributed by atoms with van der Waals surface area (Å²) in [5.41, 5.74) is 0.665. The van der Waals surface area contributed by atoms with Crippen LogP contribution in [0.2, 0.25) is 0 Å². The monoisotopic (exact) mass is 226 g/mol. The number of methoxy groups -OCH3 is 1. The van der Waals surface area contributed by atoms with E-state index in [9.17, 15) is 9.59 Å².